The summed E-state index contributed by atoms with van der Waals surface area (Å²) in [6.45, 7) is 1.90. The van der Waals surface area contributed by atoms with Gasteiger partial charge in [0.2, 0.25) is 5.91 Å². The molecule has 0 bridgehead atoms. The molecule has 0 N–H and O–H groups in total. The monoisotopic (exact) mass is 426 g/mol. The molecule has 6 nitrogen and oxygen atoms in total. The normalized spacial score (nSPS) is 21.0. The van der Waals surface area contributed by atoms with E-state index in [1.807, 2.05) is 6.92 Å². The molecule has 2 fully saturated rings. The van der Waals surface area contributed by atoms with Crippen LogP contribution in [0.3, 0.4) is 0 Å². The third-order valence-electron chi connectivity index (χ3n) is 4.72. The van der Waals surface area contributed by atoms with Gasteiger partial charge in [-0.2, -0.15) is 0 Å². The maximum Gasteiger partial charge on any atom is 0.294 e. The molecular formula is C21H15ClN2O4S. The molecule has 0 aromatic heterocycles. The van der Waals surface area contributed by atoms with Crippen molar-refractivity contribution < 1.29 is 19.2 Å². The lowest BCUT2D eigenvalue weighted by molar-refractivity contribution is -0.130. The standard InChI is InChI=1S/C21H15ClN2O4S/c1-12-2-8-15(9-3-12)23-18(25)11-16(19(23)26)24-20(27)17(29-21(24)28)10-13-4-6-14(22)7-5-13/h2-10,16H,11H2,1H3/b17-10-/t16-/m0/s1. The largest absolute Gasteiger partial charge is 0.294 e. The Morgan fingerprint density at radius 2 is 1.66 bits per heavy atom. The van der Waals surface area contributed by atoms with Crippen molar-refractivity contribution in [3.8, 4) is 0 Å². The average molecular weight is 427 g/mol. The second-order valence-electron chi connectivity index (χ2n) is 6.73. The molecule has 0 saturated carbocycles. The van der Waals surface area contributed by atoms with Crippen LogP contribution in [0.4, 0.5) is 10.5 Å². The Hall–Kier alpha value is -2.90. The van der Waals surface area contributed by atoms with Gasteiger partial charge in [0.25, 0.3) is 17.1 Å². The summed E-state index contributed by atoms with van der Waals surface area (Å²) in [6.07, 6.45) is 1.35. The molecule has 2 saturated heterocycles. The fourth-order valence-corrected chi connectivity index (χ4v) is 4.24. The first-order valence-electron chi connectivity index (χ1n) is 8.81. The van der Waals surface area contributed by atoms with E-state index < -0.39 is 29.0 Å². The van der Waals surface area contributed by atoms with Gasteiger partial charge in [-0.3, -0.25) is 24.1 Å². The van der Waals surface area contributed by atoms with E-state index >= 15 is 0 Å². The molecule has 0 spiro atoms. The zero-order valence-corrected chi connectivity index (χ0v) is 16.9. The minimum absolute atomic E-state index is 0.200. The Balaban J connectivity index is 1.59. The number of hydrogen-bond acceptors (Lipinski definition) is 5. The summed E-state index contributed by atoms with van der Waals surface area (Å²) in [7, 11) is 0. The van der Waals surface area contributed by atoms with Crippen LogP contribution in [-0.4, -0.2) is 33.9 Å². The zero-order valence-electron chi connectivity index (χ0n) is 15.3. The summed E-state index contributed by atoms with van der Waals surface area (Å²) in [5, 5.41) is -0.00589. The first-order valence-corrected chi connectivity index (χ1v) is 10.0. The maximum absolute atomic E-state index is 12.9. The summed E-state index contributed by atoms with van der Waals surface area (Å²) in [5.74, 6) is -1.59. The van der Waals surface area contributed by atoms with Gasteiger partial charge in [0, 0.05) is 5.02 Å². The number of carbonyl (C=O) groups excluding carboxylic acids is 4. The van der Waals surface area contributed by atoms with Crippen molar-refractivity contribution in [1.82, 2.24) is 4.90 Å². The summed E-state index contributed by atoms with van der Waals surface area (Å²) in [5.41, 5.74) is 2.12. The van der Waals surface area contributed by atoms with E-state index in [1.165, 1.54) is 0 Å². The van der Waals surface area contributed by atoms with Crippen molar-refractivity contribution in [2.75, 3.05) is 4.90 Å². The van der Waals surface area contributed by atoms with E-state index in [1.54, 1.807) is 54.6 Å². The average Bonchev–Trinajstić information content (AvgIpc) is 3.12. The summed E-state index contributed by atoms with van der Waals surface area (Å²) >= 11 is 6.62. The number of thioether (sulfide) groups is 1. The maximum atomic E-state index is 12.9. The van der Waals surface area contributed by atoms with Gasteiger partial charge >= 0.3 is 0 Å². The predicted octanol–water partition coefficient (Wildman–Crippen LogP) is 4.02. The molecule has 2 aromatic rings. The van der Waals surface area contributed by atoms with E-state index in [0.29, 0.717) is 16.3 Å². The number of anilines is 1. The number of benzene rings is 2. The van der Waals surface area contributed by atoms with E-state index in [-0.39, 0.29) is 11.3 Å². The van der Waals surface area contributed by atoms with Gasteiger partial charge in [-0.1, -0.05) is 41.4 Å². The molecule has 2 aromatic carbocycles. The highest BCUT2D eigenvalue weighted by Gasteiger charge is 2.50. The second-order valence-corrected chi connectivity index (χ2v) is 8.16. The highest BCUT2D eigenvalue weighted by atomic mass is 35.5. The van der Waals surface area contributed by atoms with Crippen molar-refractivity contribution in [2.24, 2.45) is 0 Å². The van der Waals surface area contributed by atoms with Crippen molar-refractivity contribution in [3.05, 3.63) is 69.6 Å². The molecule has 4 rings (SSSR count). The van der Waals surface area contributed by atoms with Crippen LogP contribution >= 0.6 is 23.4 Å². The molecule has 2 aliphatic heterocycles. The molecule has 4 amide bonds. The highest BCUT2D eigenvalue weighted by Crippen LogP contribution is 2.37. The van der Waals surface area contributed by atoms with Crippen molar-refractivity contribution in [2.45, 2.75) is 19.4 Å². The van der Waals surface area contributed by atoms with Gasteiger partial charge in [0.15, 0.2) is 0 Å². The van der Waals surface area contributed by atoms with Crippen molar-refractivity contribution in [1.29, 1.82) is 0 Å². The summed E-state index contributed by atoms with van der Waals surface area (Å²) in [6, 6.07) is 12.6. The zero-order chi connectivity index (χ0) is 20.7. The van der Waals surface area contributed by atoms with Gasteiger partial charge in [0.1, 0.15) is 6.04 Å². The molecule has 1 atom stereocenters. The van der Waals surface area contributed by atoms with Crippen LogP contribution < -0.4 is 4.90 Å². The fraction of sp³-hybridized carbons (Fsp3) is 0.143. The molecule has 0 radical (unpaired) electrons. The number of carbonyl (C=O) groups is 4. The molecule has 146 valence electrons. The van der Waals surface area contributed by atoms with Gasteiger partial charge in [0.05, 0.1) is 17.0 Å². The van der Waals surface area contributed by atoms with E-state index in [4.69, 9.17) is 11.6 Å². The third-order valence-corrected chi connectivity index (χ3v) is 5.85. The molecule has 0 aliphatic carbocycles. The number of rotatable bonds is 3. The highest BCUT2D eigenvalue weighted by molar-refractivity contribution is 8.18. The first-order chi connectivity index (χ1) is 13.8. The van der Waals surface area contributed by atoms with E-state index in [9.17, 15) is 19.2 Å². The topological polar surface area (TPSA) is 74.8 Å². The van der Waals surface area contributed by atoms with Crippen LogP contribution in [0.25, 0.3) is 6.08 Å². The molecule has 29 heavy (non-hydrogen) atoms. The van der Waals surface area contributed by atoms with Crippen LogP contribution in [0, 0.1) is 6.92 Å². The lowest BCUT2D eigenvalue weighted by Crippen LogP contribution is -2.44. The second kappa shape index (κ2) is 7.50. The van der Waals surface area contributed by atoms with Crippen molar-refractivity contribution >= 4 is 58.1 Å². The number of halogens is 1. The van der Waals surface area contributed by atoms with E-state index in [0.717, 1.165) is 27.1 Å². The van der Waals surface area contributed by atoms with Gasteiger partial charge in [-0.25, -0.2) is 4.90 Å². The number of imide groups is 2. The molecule has 0 unspecified atom stereocenters. The fourth-order valence-electron chi connectivity index (χ4n) is 3.24. The number of amides is 4. The summed E-state index contributed by atoms with van der Waals surface area (Å²) in [4.78, 5) is 52.8. The number of aryl methyl sites for hydroxylation is 1. The summed E-state index contributed by atoms with van der Waals surface area (Å²) < 4.78 is 0. The molecule has 8 heteroatoms. The van der Waals surface area contributed by atoms with Crippen LogP contribution in [-0.2, 0) is 14.4 Å². The number of nitrogens with zero attached hydrogens (tertiary/aromatic N) is 2. The first kappa shape index (κ1) is 19.4. The van der Waals surface area contributed by atoms with Crippen LogP contribution in [0.2, 0.25) is 5.02 Å². The van der Waals surface area contributed by atoms with Crippen LogP contribution in [0.15, 0.2) is 53.4 Å². The molecule has 2 aliphatic rings. The lowest BCUT2D eigenvalue weighted by atomic mass is 10.2. The molecular weight excluding hydrogens is 412 g/mol. The van der Waals surface area contributed by atoms with Gasteiger partial charge in [-0.05, 0) is 54.6 Å². The minimum atomic E-state index is -1.13. The van der Waals surface area contributed by atoms with Gasteiger partial charge in [-0.15, -0.1) is 0 Å². The minimum Gasteiger partial charge on any atom is -0.274 e. The Morgan fingerprint density at radius 1 is 1.00 bits per heavy atom. The lowest BCUT2D eigenvalue weighted by Gasteiger charge is -2.20. The van der Waals surface area contributed by atoms with Crippen molar-refractivity contribution in [3.63, 3.8) is 0 Å². The van der Waals surface area contributed by atoms with Crippen LogP contribution in [0.1, 0.15) is 17.5 Å². The van der Waals surface area contributed by atoms with Gasteiger partial charge < -0.3 is 0 Å². The third kappa shape index (κ3) is 3.59. The quantitative estimate of drug-likeness (QED) is 0.547. The number of hydrogen-bond donors (Lipinski definition) is 0. The van der Waals surface area contributed by atoms with Crippen LogP contribution in [0.5, 0.6) is 0 Å². The predicted molar refractivity (Wildman–Crippen MR) is 111 cm³/mol. The Labute approximate surface area is 176 Å². The van der Waals surface area contributed by atoms with E-state index in [2.05, 4.69) is 0 Å². The smallest absolute Gasteiger partial charge is 0.274 e. The Morgan fingerprint density at radius 3 is 2.31 bits per heavy atom. The Bertz CT molecular complexity index is 1060. The SMILES string of the molecule is Cc1ccc(N2C(=O)C[C@H](N3C(=O)S/C(=C\c4ccc(Cl)cc4)C3=O)C2=O)cc1. The Kier molecular flexibility index (Phi) is 5.02. The molecule has 2 heterocycles.